The molecular weight excluding hydrogens is 268 g/mol. The van der Waals surface area contributed by atoms with E-state index in [1.54, 1.807) is 26.0 Å². The molecule has 1 aromatic carbocycles. The monoisotopic (exact) mass is 286 g/mol. The van der Waals surface area contributed by atoms with Gasteiger partial charge in [0.05, 0.1) is 10.3 Å². The molecule has 0 bridgehead atoms. The Labute approximate surface area is 112 Å². The number of rotatable bonds is 6. The van der Waals surface area contributed by atoms with Gasteiger partial charge in [0.1, 0.15) is 0 Å². The van der Waals surface area contributed by atoms with E-state index in [2.05, 4.69) is 4.72 Å². The number of sulfonamides is 1. The molecule has 0 fully saturated rings. The molecule has 0 radical (unpaired) electrons. The molecule has 1 aromatic rings. The summed E-state index contributed by atoms with van der Waals surface area (Å²) in [5.74, 6) is -0.962. The van der Waals surface area contributed by atoms with E-state index in [0.29, 0.717) is 5.69 Å². The standard InChI is InChI=1S/C12H18N2O4S/c1-12(2,11(15)16)6-7-14-19(17,18)10-5-3-4-9(13)8-10/h3-5,8,14H,6-7,13H2,1-2H3,(H,15,16). The minimum absolute atomic E-state index is 0.0520. The topological polar surface area (TPSA) is 109 Å². The first kappa shape index (κ1) is 15.5. The van der Waals surface area contributed by atoms with E-state index in [9.17, 15) is 13.2 Å². The van der Waals surface area contributed by atoms with Crippen LogP contribution in [0.3, 0.4) is 0 Å². The van der Waals surface area contributed by atoms with Crippen LogP contribution < -0.4 is 10.5 Å². The quantitative estimate of drug-likeness (QED) is 0.677. The molecule has 0 atom stereocenters. The lowest BCUT2D eigenvalue weighted by Crippen LogP contribution is -2.32. The van der Waals surface area contributed by atoms with Crippen molar-refractivity contribution in [3.05, 3.63) is 24.3 Å². The number of hydrogen-bond acceptors (Lipinski definition) is 4. The summed E-state index contributed by atoms with van der Waals surface area (Å²) in [5.41, 5.74) is 4.90. The zero-order valence-electron chi connectivity index (χ0n) is 10.9. The van der Waals surface area contributed by atoms with E-state index >= 15 is 0 Å². The van der Waals surface area contributed by atoms with Crippen LogP contribution in [-0.2, 0) is 14.8 Å². The number of anilines is 1. The first-order chi connectivity index (χ1) is 8.65. The number of nitrogens with one attached hydrogen (secondary N) is 1. The van der Waals surface area contributed by atoms with Crippen LogP contribution in [0.15, 0.2) is 29.2 Å². The summed E-state index contributed by atoms with van der Waals surface area (Å²) in [7, 11) is -3.65. The second-order valence-corrected chi connectivity index (χ2v) is 6.68. The molecule has 0 aliphatic heterocycles. The molecule has 19 heavy (non-hydrogen) atoms. The van der Waals surface area contributed by atoms with Crippen LogP contribution in [0.2, 0.25) is 0 Å². The highest BCUT2D eigenvalue weighted by Gasteiger charge is 2.27. The predicted molar refractivity (Wildman–Crippen MR) is 72.1 cm³/mol. The Bertz CT molecular complexity index is 567. The minimum Gasteiger partial charge on any atom is -0.481 e. The van der Waals surface area contributed by atoms with E-state index in [0.717, 1.165) is 0 Å². The summed E-state index contributed by atoms with van der Waals surface area (Å²) < 4.78 is 26.2. The summed E-state index contributed by atoms with van der Waals surface area (Å²) >= 11 is 0. The zero-order valence-corrected chi connectivity index (χ0v) is 11.7. The molecule has 0 spiro atoms. The Kier molecular flexibility index (Phi) is 4.54. The van der Waals surface area contributed by atoms with Gasteiger partial charge in [-0.1, -0.05) is 6.07 Å². The fraction of sp³-hybridized carbons (Fsp3) is 0.417. The lowest BCUT2D eigenvalue weighted by Gasteiger charge is -2.18. The minimum atomic E-state index is -3.65. The maximum atomic E-state index is 11.9. The summed E-state index contributed by atoms with van der Waals surface area (Å²) in [6.07, 6.45) is 0.198. The summed E-state index contributed by atoms with van der Waals surface area (Å²) in [4.78, 5) is 11.0. The lowest BCUT2D eigenvalue weighted by molar-refractivity contribution is -0.147. The predicted octanol–water partition coefficient (Wildman–Crippen LogP) is 1.05. The Morgan fingerprint density at radius 3 is 2.58 bits per heavy atom. The van der Waals surface area contributed by atoms with Gasteiger partial charge in [0, 0.05) is 12.2 Å². The smallest absolute Gasteiger partial charge is 0.309 e. The number of carboxylic acid groups (broad SMARTS) is 1. The van der Waals surface area contributed by atoms with Gasteiger partial charge in [0.25, 0.3) is 0 Å². The largest absolute Gasteiger partial charge is 0.481 e. The van der Waals surface area contributed by atoms with Crippen LogP contribution in [-0.4, -0.2) is 26.0 Å². The number of carboxylic acids is 1. The van der Waals surface area contributed by atoms with Gasteiger partial charge in [0.2, 0.25) is 10.0 Å². The highest BCUT2D eigenvalue weighted by Crippen LogP contribution is 2.20. The molecule has 0 aliphatic rings. The highest BCUT2D eigenvalue weighted by molar-refractivity contribution is 7.89. The van der Waals surface area contributed by atoms with Crippen molar-refractivity contribution in [1.82, 2.24) is 4.72 Å². The van der Waals surface area contributed by atoms with Gasteiger partial charge in [-0.25, -0.2) is 13.1 Å². The van der Waals surface area contributed by atoms with Gasteiger partial charge in [-0.2, -0.15) is 0 Å². The fourth-order valence-electron chi connectivity index (χ4n) is 1.37. The van der Waals surface area contributed by atoms with Crippen molar-refractivity contribution in [2.24, 2.45) is 5.41 Å². The number of nitrogens with two attached hydrogens (primary N) is 1. The van der Waals surface area contributed by atoms with E-state index in [4.69, 9.17) is 10.8 Å². The third kappa shape index (κ3) is 4.22. The van der Waals surface area contributed by atoms with Gasteiger partial charge >= 0.3 is 5.97 Å². The van der Waals surface area contributed by atoms with Crippen molar-refractivity contribution in [1.29, 1.82) is 0 Å². The van der Waals surface area contributed by atoms with Crippen LogP contribution in [0.4, 0.5) is 5.69 Å². The van der Waals surface area contributed by atoms with Crippen molar-refractivity contribution in [3.8, 4) is 0 Å². The number of hydrogen-bond donors (Lipinski definition) is 3. The van der Waals surface area contributed by atoms with E-state index in [1.165, 1.54) is 12.1 Å². The van der Waals surface area contributed by atoms with Crippen LogP contribution in [0.25, 0.3) is 0 Å². The summed E-state index contributed by atoms with van der Waals surface area (Å²) in [5, 5.41) is 8.93. The van der Waals surface area contributed by atoms with Crippen molar-refractivity contribution in [2.45, 2.75) is 25.2 Å². The molecule has 0 saturated carbocycles. The maximum absolute atomic E-state index is 11.9. The molecule has 0 amide bonds. The lowest BCUT2D eigenvalue weighted by atomic mass is 9.90. The first-order valence-electron chi connectivity index (χ1n) is 5.74. The van der Waals surface area contributed by atoms with E-state index in [1.807, 2.05) is 0 Å². The van der Waals surface area contributed by atoms with E-state index < -0.39 is 21.4 Å². The molecule has 6 nitrogen and oxygen atoms in total. The summed E-state index contributed by atoms with van der Waals surface area (Å²) in [6, 6.07) is 5.92. The molecule has 7 heteroatoms. The average molecular weight is 286 g/mol. The maximum Gasteiger partial charge on any atom is 0.309 e. The molecule has 0 heterocycles. The highest BCUT2D eigenvalue weighted by atomic mass is 32.2. The van der Waals surface area contributed by atoms with Gasteiger partial charge in [-0.05, 0) is 38.5 Å². The van der Waals surface area contributed by atoms with Crippen molar-refractivity contribution in [2.75, 3.05) is 12.3 Å². The van der Waals surface area contributed by atoms with E-state index in [-0.39, 0.29) is 17.9 Å². The molecule has 4 N–H and O–H groups in total. The fourth-order valence-corrected chi connectivity index (χ4v) is 2.46. The Morgan fingerprint density at radius 2 is 2.05 bits per heavy atom. The average Bonchev–Trinajstić information content (AvgIpc) is 2.28. The number of nitrogen functional groups attached to an aromatic ring is 1. The number of benzene rings is 1. The molecule has 0 unspecified atom stereocenters. The zero-order chi connectivity index (χ0) is 14.7. The van der Waals surface area contributed by atoms with Crippen molar-refractivity contribution >= 4 is 21.7 Å². The molecular formula is C12H18N2O4S. The Morgan fingerprint density at radius 1 is 1.42 bits per heavy atom. The Balaban J connectivity index is 2.70. The van der Waals surface area contributed by atoms with Gasteiger partial charge < -0.3 is 10.8 Å². The number of carbonyl (C=O) groups is 1. The first-order valence-corrected chi connectivity index (χ1v) is 7.22. The van der Waals surface area contributed by atoms with Crippen molar-refractivity contribution in [3.63, 3.8) is 0 Å². The molecule has 0 aromatic heterocycles. The van der Waals surface area contributed by atoms with Gasteiger partial charge in [-0.15, -0.1) is 0 Å². The van der Waals surface area contributed by atoms with Crippen LogP contribution in [0.1, 0.15) is 20.3 Å². The molecule has 106 valence electrons. The van der Waals surface area contributed by atoms with Gasteiger partial charge in [-0.3, -0.25) is 4.79 Å². The summed E-state index contributed by atoms with van der Waals surface area (Å²) in [6.45, 7) is 3.14. The van der Waals surface area contributed by atoms with Crippen LogP contribution >= 0.6 is 0 Å². The number of aliphatic carboxylic acids is 1. The van der Waals surface area contributed by atoms with Crippen LogP contribution in [0, 0.1) is 5.41 Å². The molecule has 1 rings (SSSR count). The Hall–Kier alpha value is -1.60. The SMILES string of the molecule is CC(C)(CCNS(=O)(=O)c1cccc(N)c1)C(=O)O. The van der Waals surface area contributed by atoms with Gasteiger partial charge in [0.15, 0.2) is 0 Å². The third-order valence-electron chi connectivity index (χ3n) is 2.79. The normalized spacial score (nSPS) is 12.3. The molecule has 0 aliphatic carbocycles. The third-order valence-corrected chi connectivity index (χ3v) is 4.25. The van der Waals surface area contributed by atoms with Crippen molar-refractivity contribution < 1.29 is 18.3 Å². The second kappa shape index (κ2) is 5.58. The van der Waals surface area contributed by atoms with Crippen LogP contribution in [0.5, 0.6) is 0 Å². The molecule has 0 saturated heterocycles. The second-order valence-electron chi connectivity index (χ2n) is 4.91.